The third-order valence-corrected chi connectivity index (χ3v) is 4.54. The van der Waals surface area contributed by atoms with Gasteiger partial charge in [0, 0.05) is 0 Å². The first-order valence-corrected chi connectivity index (χ1v) is 5.23. The zero-order chi connectivity index (χ0) is 11.7. The van der Waals surface area contributed by atoms with Crippen LogP contribution in [0.15, 0.2) is 0 Å². The molecule has 14 heavy (non-hydrogen) atoms. The summed E-state index contributed by atoms with van der Waals surface area (Å²) in [6.07, 6.45) is -5.08. The van der Waals surface area contributed by atoms with Crippen molar-refractivity contribution in [2.24, 2.45) is 0 Å². The molecule has 0 atom stereocenters. The Hall–Kier alpha value is -0.390. The maximum absolute atomic E-state index is 12.1. The number of hydrogen-bond donors (Lipinski definition) is 0. The minimum atomic E-state index is -5.08. The normalized spacial score (nSPS) is 13.8. The van der Waals surface area contributed by atoms with E-state index in [2.05, 4.69) is 0 Å². The molecule has 0 spiro atoms. The fraction of sp³-hybridized carbons (Fsp3) is 0.833. The van der Waals surface area contributed by atoms with E-state index in [9.17, 15) is 22.5 Å². The van der Waals surface area contributed by atoms with Gasteiger partial charge in [-0.1, -0.05) is 0 Å². The second-order valence-corrected chi connectivity index (χ2v) is 6.14. The van der Waals surface area contributed by atoms with E-state index >= 15 is 0 Å². The summed E-state index contributed by atoms with van der Waals surface area (Å²) in [7, 11) is 0.511. The van der Waals surface area contributed by atoms with E-state index in [1.165, 1.54) is 28.2 Å². The van der Waals surface area contributed by atoms with Gasteiger partial charge >= 0.3 is 11.7 Å². The maximum Gasteiger partial charge on any atom is 0.460 e. The van der Waals surface area contributed by atoms with Crippen LogP contribution in [0.3, 0.4) is 0 Å². The highest BCUT2D eigenvalue weighted by atomic mass is 31.2. The number of alkyl halides is 3. The van der Waals surface area contributed by atoms with Crippen LogP contribution in [0.1, 0.15) is 0 Å². The first-order valence-electron chi connectivity index (χ1n) is 3.62. The molecule has 0 aliphatic heterocycles. The third-order valence-electron chi connectivity index (χ3n) is 1.59. The van der Waals surface area contributed by atoms with Crippen LogP contribution in [-0.2, 0) is 9.36 Å². The summed E-state index contributed by atoms with van der Waals surface area (Å²) in [6, 6.07) is 0. The summed E-state index contributed by atoms with van der Waals surface area (Å²) in [6.45, 7) is 0. The second-order valence-electron chi connectivity index (χ2n) is 3.04. The summed E-state index contributed by atoms with van der Waals surface area (Å²) in [5.41, 5.74) is -2.21. The van der Waals surface area contributed by atoms with E-state index in [0.717, 1.165) is 9.34 Å². The number of carbonyl (C=O) groups is 1. The first kappa shape index (κ1) is 13.6. The van der Waals surface area contributed by atoms with Crippen molar-refractivity contribution in [3.63, 3.8) is 0 Å². The van der Waals surface area contributed by atoms with Gasteiger partial charge in [0.1, 0.15) is 0 Å². The van der Waals surface area contributed by atoms with Crippen LogP contribution in [0.2, 0.25) is 0 Å². The summed E-state index contributed by atoms with van der Waals surface area (Å²) < 4.78 is 49.6. The quantitative estimate of drug-likeness (QED) is 0.689. The lowest BCUT2D eigenvalue weighted by Gasteiger charge is -2.29. The highest BCUT2D eigenvalue weighted by Crippen LogP contribution is 2.54. The topological polar surface area (TPSA) is 40.6 Å². The fourth-order valence-corrected chi connectivity index (χ4v) is 2.66. The smallest absolute Gasteiger partial charge is 0.280 e. The van der Waals surface area contributed by atoms with Gasteiger partial charge in [-0.25, -0.2) is 9.34 Å². The van der Waals surface area contributed by atoms with Crippen molar-refractivity contribution in [2.75, 3.05) is 28.2 Å². The molecule has 0 aromatic heterocycles. The number of nitrogens with zero attached hydrogens (tertiary/aromatic N) is 2. The molecule has 8 heteroatoms. The summed E-state index contributed by atoms with van der Waals surface area (Å²) in [4.78, 5) is 10.9. The minimum Gasteiger partial charge on any atom is -0.280 e. The van der Waals surface area contributed by atoms with Crippen LogP contribution in [-0.4, -0.2) is 49.2 Å². The lowest BCUT2D eigenvalue weighted by molar-refractivity contribution is -0.162. The lowest BCUT2D eigenvalue weighted by atomic mass is 10.7. The Balaban J connectivity index is 5.27. The van der Waals surface area contributed by atoms with Crippen LogP contribution in [0.25, 0.3) is 0 Å². The van der Waals surface area contributed by atoms with Crippen LogP contribution >= 0.6 is 7.44 Å². The number of halogens is 3. The van der Waals surface area contributed by atoms with E-state index in [0.29, 0.717) is 0 Å². The van der Waals surface area contributed by atoms with Crippen molar-refractivity contribution >= 4 is 13.0 Å². The molecule has 84 valence electrons. The molecule has 0 aromatic rings. The Morgan fingerprint density at radius 1 is 1.07 bits per heavy atom. The van der Waals surface area contributed by atoms with E-state index in [-0.39, 0.29) is 0 Å². The van der Waals surface area contributed by atoms with E-state index in [1.54, 1.807) is 0 Å². The summed E-state index contributed by atoms with van der Waals surface area (Å²) >= 11 is 0. The molecule has 4 nitrogen and oxygen atoms in total. The molecule has 0 bridgehead atoms. The second kappa shape index (κ2) is 4.00. The average molecular weight is 232 g/mol. The van der Waals surface area contributed by atoms with Gasteiger partial charge in [0.05, 0.1) is 0 Å². The molecule has 0 aromatic carbocycles. The van der Waals surface area contributed by atoms with Crippen LogP contribution in [0.4, 0.5) is 13.2 Å². The van der Waals surface area contributed by atoms with E-state index in [4.69, 9.17) is 0 Å². The Morgan fingerprint density at radius 2 is 1.36 bits per heavy atom. The zero-order valence-corrected chi connectivity index (χ0v) is 9.19. The third kappa shape index (κ3) is 2.34. The highest BCUT2D eigenvalue weighted by molar-refractivity contribution is 7.76. The van der Waals surface area contributed by atoms with Crippen LogP contribution < -0.4 is 0 Å². The van der Waals surface area contributed by atoms with Gasteiger partial charge < -0.3 is 0 Å². The van der Waals surface area contributed by atoms with Gasteiger partial charge in [0.15, 0.2) is 0 Å². The Labute approximate surface area is 80.1 Å². The fourth-order valence-electron chi connectivity index (χ4n) is 0.886. The van der Waals surface area contributed by atoms with Gasteiger partial charge in [-0.15, -0.1) is 0 Å². The number of carbonyl (C=O) groups excluding carboxylic acids is 1. The molecule has 0 amide bonds. The molecular weight excluding hydrogens is 220 g/mol. The van der Waals surface area contributed by atoms with Gasteiger partial charge in [-0.3, -0.25) is 9.36 Å². The molecule has 0 saturated carbocycles. The predicted molar refractivity (Wildman–Crippen MR) is 46.0 cm³/mol. The van der Waals surface area contributed by atoms with Crippen molar-refractivity contribution in [1.82, 2.24) is 9.34 Å². The van der Waals surface area contributed by atoms with Crippen molar-refractivity contribution in [2.45, 2.75) is 6.18 Å². The molecule has 0 unspecified atom stereocenters. The molecule has 0 heterocycles. The Kier molecular flexibility index (Phi) is 3.89. The maximum atomic E-state index is 12.1. The van der Waals surface area contributed by atoms with Crippen LogP contribution in [0.5, 0.6) is 0 Å². The minimum absolute atomic E-state index is 0.794. The number of hydrogen-bond acceptors (Lipinski definition) is 2. The molecule has 0 aliphatic carbocycles. The Bertz CT molecular complexity index is 263. The van der Waals surface area contributed by atoms with Crippen molar-refractivity contribution < 1.29 is 22.5 Å². The summed E-state index contributed by atoms with van der Waals surface area (Å²) in [5.74, 6) is 0. The van der Waals surface area contributed by atoms with Gasteiger partial charge in [0.2, 0.25) is 0 Å². The molecule has 0 N–H and O–H groups in total. The number of rotatable bonds is 3. The van der Waals surface area contributed by atoms with Crippen molar-refractivity contribution in [3.05, 3.63) is 0 Å². The van der Waals surface area contributed by atoms with Crippen molar-refractivity contribution in [3.8, 4) is 0 Å². The van der Waals surface area contributed by atoms with Gasteiger partial charge in [-0.05, 0) is 28.2 Å². The molecule has 0 rings (SSSR count). The standard InChI is InChI=1S/C6H12F3N2O2P/c1-10(2)14(13,11(3)4)5(12)6(7,8)9/h1-4H3. The molecule has 0 radical (unpaired) electrons. The SMILES string of the molecule is CN(C)P(=O)(C(=O)C(F)(F)F)N(C)C. The van der Waals surface area contributed by atoms with Crippen LogP contribution in [0, 0.1) is 0 Å². The highest BCUT2D eigenvalue weighted by Gasteiger charge is 2.53. The molecule has 0 fully saturated rings. The first-order chi connectivity index (χ1) is 6.04. The average Bonchev–Trinajstić information content (AvgIpc) is 1.99. The van der Waals surface area contributed by atoms with E-state index in [1.807, 2.05) is 0 Å². The van der Waals surface area contributed by atoms with E-state index < -0.39 is 19.1 Å². The summed E-state index contributed by atoms with van der Waals surface area (Å²) in [5, 5.41) is 0. The van der Waals surface area contributed by atoms with Gasteiger partial charge in [-0.2, -0.15) is 13.2 Å². The molecule has 0 aliphatic rings. The monoisotopic (exact) mass is 232 g/mol. The lowest BCUT2D eigenvalue weighted by Crippen LogP contribution is -2.34. The molecule has 0 saturated heterocycles. The largest absolute Gasteiger partial charge is 0.460 e. The van der Waals surface area contributed by atoms with Gasteiger partial charge in [0.25, 0.3) is 7.44 Å². The molecular formula is C6H12F3N2O2P. The van der Waals surface area contributed by atoms with Crippen molar-refractivity contribution in [1.29, 1.82) is 0 Å². The Morgan fingerprint density at radius 3 is 1.43 bits per heavy atom. The predicted octanol–water partition coefficient (Wildman–Crippen LogP) is 1.39. The zero-order valence-electron chi connectivity index (χ0n) is 8.29.